The first kappa shape index (κ1) is 14.4. The Bertz CT molecular complexity index is 420. The van der Waals surface area contributed by atoms with Crippen LogP contribution in [0.15, 0.2) is 12.1 Å². The van der Waals surface area contributed by atoms with Crippen molar-refractivity contribution in [1.82, 2.24) is 10.2 Å². The summed E-state index contributed by atoms with van der Waals surface area (Å²) < 4.78 is 10.7. The highest BCUT2D eigenvalue weighted by Crippen LogP contribution is 2.35. The molecule has 0 aromatic heterocycles. The molecular weight excluding hydrogens is 264 g/mol. The SMILES string of the molecule is COc1ccc(OC)c(CCN2CCNCC2)c1Cl. The molecule has 1 saturated heterocycles. The minimum Gasteiger partial charge on any atom is -0.496 e. The van der Waals surface area contributed by atoms with Crippen LogP contribution < -0.4 is 14.8 Å². The Balaban J connectivity index is 2.08. The molecule has 1 aliphatic heterocycles. The topological polar surface area (TPSA) is 33.7 Å². The predicted octanol–water partition coefficient (Wildman–Crippen LogP) is 1.80. The van der Waals surface area contributed by atoms with Crippen molar-refractivity contribution < 1.29 is 9.47 Å². The van der Waals surface area contributed by atoms with Gasteiger partial charge in [0.25, 0.3) is 0 Å². The first-order valence-corrected chi connectivity index (χ1v) is 6.96. The highest BCUT2D eigenvalue weighted by Gasteiger charge is 2.15. The Morgan fingerprint density at radius 2 is 1.79 bits per heavy atom. The minimum atomic E-state index is 0.664. The van der Waals surface area contributed by atoms with E-state index in [4.69, 9.17) is 21.1 Å². The van der Waals surface area contributed by atoms with E-state index in [1.807, 2.05) is 12.1 Å². The van der Waals surface area contributed by atoms with Crippen LogP contribution in [0, 0.1) is 0 Å². The van der Waals surface area contributed by atoms with Crippen molar-refractivity contribution >= 4 is 11.6 Å². The largest absolute Gasteiger partial charge is 0.496 e. The molecule has 1 fully saturated rings. The summed E-state index contributed by atoms with van der Waals surface area (Å²) >= 11 is 6.37. The summed E-state index contributed by atoms with van der Waals surface area (Å²) in [5, 5.41) is 4.02. The van der Waals surface area contributed by atoms with Crippen molar-refractivity contribution in [2.75, 3.05) is 46.9 Å². The first-order chi connectivity index (χ1) is 9.26. The molecule has 0 radical (unpaired) electrons. The number of methoxy groups -OCH3 is 2. The second-order valence-electron chi connectivity index (χ2n) is 4.60. The van der Waals surface area contributed by atoms with E-state index in [0.717, 1.165) is 50.5 Å². The molecule has 0 bridgehead atoms. The van der Waals surface area contributed by atoms with E-state index in [9.17, 15) is 0 Å². The van der Waals surface area contributed by atoms with Gasteiger partial charge in [0.2, 0.25) is 0 Å². The molecule has 19 heavy (non-hydrogen) atoms. The monoisotopic (exact) mass is 284 g/mol. The molecule has 1 aromatic carbocycles. The Hall–Kier alpha value is -0.970. The van der Waals surface area contributed by atoms with Crippen LogP contribution in [0.3, 0.4) is 0 Å². The fourth-order valence-corrected chi connectivity index (χ4v) is 2.70. The Kier molecular flexibility index (Phi) is 5.31. The maximum atomic E-state index is 6.37. The molecule has 1 N–H and O–H groups in total. The van der Waals surface area contributed by atoms with Gasteiger partial charge in [-0.2, -0.15) is 0 Å². The average molecular weight is 285 g/mol. The van der Waals surface area contributed by atoms with Crippen molar-refractivity contribution in [2.24, 2.45) is 0 Å². The predicted molar refractivity (Wildman–Crippen MR) is 77.6 cm³/mol. The lowest BCUT2D eigenvalue weighted by Crippen LogP contribution is -2.44. The lowest BCUT2D eigenvalue weighted by atomic mass is 10.1. The van der Waals surface area contributed by atoms with Gasteiger partial charge in [-0.25, -0.2) is 0 Å². The minimum absolute atomic E-state index is 0.664. The molecule has 1 heterocycles. The molecular formula is C14H21ClN2O2. The smallest absolute Gasteiger partial charge is 0.138 e. The van der Waals surface area contributed by atoms with Crippen LogP contribution in [0.25, 0.3) is 0 Å². The summed E-state index contributed by atoms with van der Waals surface area (Å²) in [5.41, 5.74) is 1.03. The summed E-state index contributed by atoms with van der Waals surface area (Å²) in [5.74, 6) is 1.54. The number of benzene rings is 1. The summed E-state index contributed by atoms with van der Waals surface area (Å²) in [6, 6.07) is 3.76. The van der Waals surface area contributed by atoms with Crippen molar-refractivity contribution in [1.29, 1.82) is 0 Å². The van der Waals surface area contributed by atoms with Crippen LogP contribution >= 0.6 is 11.6 Å². The zero-order valence-electron chi connectivity index (χ0n) is 11.5. The van der Waals surface area contributed by atoms with Gasteiger partial charge in [0.15, 0.2) is 0 Å². The van der Waals surface area contributed by atoms with Crippen molar-refractivity contribution in [3.8, 4) is 11.5 Å². The molecule has 0 spiro atoms. The number of rotatable bonds is 5. The van der Waals surface area contributed by atoms with Crippen molar-refractivity contribution in [3.05, 3.63) is 22.7 Å². The maximum Gasteiger partial charge on any atom is 0.138 e. The van der Waals surface area contributed by atoms with E-state index >= 15 is 0 Å². The van der Waals surface area contributed by atoms with Crippen LogP contribution in [-0.4, -0.2) is 51.8 Å². The van der Waals surface area contributed by atoms with Gasteiger partial charge in [-0.15, -0.1) is 0 Å². The Labute approximate surface area is 119 Å². The molecule has 0 saturated carbocycles. The van der Waals surface area contributed by atoms with Gasteiger partial charge in [0.1, 0.15) is 11.5 Å². The molecule has 1 aromatic rings. The summed E-state index contributed by atoms with van der Waals surface area (Å²) in [7, 11) is 3.31. The van der Waals surface area contributed by atoms with E-state index in [1.54, 1.807) is 14.2 Å². The molecule has 0 unspecified atom stereocenters. The van der Waals surface area contributed by atoms with Gasteiger partial charge >= 0.3 is 0 Å². The number of hydrogen-bond acceptors (Lipinski definition) is 4. The fourth-order valence-electron chi connectivity index (χ4n) is 2.37. The number of piperazine rings is 1. The van der Waals surface area contributed by atoms with Crippen LogP contribution in [-0.2, 0) is 6.42 Å². The fraction of sp³-hybridized carbons (Fsp3) is 0.571. The molecule has 106 valence electrons. The van der Waals surface area contributed by atoms with E-state index in [1.165, 1.54) is 0 Å². The average Bonchev–Trinajstić information content (AvgIpc) is 2.46. The Morgan fingerprint density at radius 1 is 1.16 bits per heavy atom. The van der Waals surface area contributed by atoms with Gasteiger partial charge in [-0.1, -0.05) is 11.6 Å². The lowest BCUT2D eigenvalue weighted by Gasteiger charge is -2.27. The van der Waals surface area contributed by atoms with Crippen LogP contribution in [0.1, 0.15) is 5.56 Å². The third-order valence-corrected chi connectivity index (χ3v) is 3.91. The van der Waals surface area contributed by atoms with Gasteiger partial charge < -0.3 is 19.7 Å². The molecule has 0 aliphatic carbocycles. The molecule has 2 rings (SSSR count). The van der Waals surface area contributed by atoms with Gasteiger partial charge in [-0.05, 0) is 18.6 Å². The van der Waals surface area contributed by atoms with Crippen molar-refractivity contribution in [3.63, 3.8) is 0 Å². The van der Waals surface area contributed by atoms with Crippen molar-refractivity contribution in [2.45, 2.75) is 6.42 Å². The summed E-state index contributed by atoms with van der Waals surface area (Å²) in [4.78, 5) is 2.44. The molecule has 0 atom stereocenters. The number of halogens is 1. The van der Waals surface area contributed by atoms with E-state index in [-0.39, 0.29) is 0 Å². The zero-order valence-corrected chi connectivity index (χ0v) is 12.3. The van der Waals surface area contributed by atoms with E-state index in [2.05, 4.69) is 10.2 Å². The summed E-state index contributed by atoms with van der Waals surface area (Å²) in [6.45, 7) is 5.28. The zero-order chi connectivity index (χ0) is 13.7. The summed E-state index contributed by atoms with van der Waals surface area (Å²) in [6.07, 6.45) is 0.874. The normalized spacial score (nSPS) is 16.4. The molecule has 4 nitrogen and oxygen atoms in total. The van der Waals surface area contributed by atoms with Crippen LogP contribution in [0.2, 0.25) is 5.02 Å². The van der Waals surface area contributed by atoms with Crippen LogP contribution in [0.5, 0.6) is 11.5 Å². The molecule has 0 amide bonds. The first-order valence-electron chi connectivity index (χ1n) is 6.58. The maximum absolute atomic E-state index is 6.37. The highest BCUT2D eigenvalue weighted by atomic mass is 35.5. The van der Waals surface area contributed by atoms with Crippen LogP contribution in [0.4, 0.5) is 0 Å². The quantitative estimate of drug-likeness (QED) is 0.894. The Morgan fingerprint density at radius 3 is 2.42 bits per heavy atom. The number of ether oxygens (including phenoxy) is 2. The third-order valence-electron chi connectivity index (χ3n) is 3.49. The van der Waals surface area contributed by atoms with E-state index < -0.39 is 0 Å². The number of hydrogen-bond donors (Lipinski definition) is 1. The van der Waals surface area contributed by atoms with Gasteiger partial charge in [0.05, 0.1) is 19.2 Å². The number of nitrogens with zero attached hydrogens (tertiary/aromatic N) is 1. The lowest BCUT2D eigenvalue weighted by molar-refractivity contribution is 0.243. The second-order valence-corrected chi connectivity index (χ2v) is 4.98. The molecule has 5 heteroatoms. The number of nitrogens with one attached hydrogen (secondary N) is 1. The highest BCUT2D eigenvalue weighted by molar-refractivity contribution is 6.33. The third kappa shape index (κ3) is 3.53. The molecule has 1 aliphatic rings. The van der Waals surface area contributed by atoms with E-state index in [0.29, 0.717) is 10.8 Å². The standard InChI is InChI=1S/C14H21ClN2O2/c1-18-12-3-4-13(19-2)14(15)11(12)5-8-17-9-6-16-7-10-17/h3-4,16H,5-10H2,1-2H3. The van der Waals surface area contributed by atoms with Gasteiger partial charge in [-0.3, -0.25) is 0 Å². The van der Waals surface area contributed by atoms with Gasteiger partial charge in [0, 0.05) is 38.3 Å². The second kappa shape index (κ2) is 6.98.